The summed E-state index contributed by atoms with van der Waals surface area (Å²) in [6, 6.07) is 7.60. The van der Waals surface area contributed by atoms with Gasteiger partial charge >= 0.3 is 0 Å². The molecule has 0 aliphatic heterocycles. The molecular formula is C20H24N6O. The maximum atomic E-state index is 12.7. The lowest BCUT2D eigenvalue weighted by Gasteiger charge is -2.22. The molecule has 0 spiro atoms. The molecule has 7 heteroatoms. The Morgan fingerprint density at radius 2 is 1.93 bits per heavy atom. The Hall–Kier alpha value is -2.96. The molecule has 4 rings (SSSR count). The van der Waals surface area contributed by atoms with Crippen LogP contribution in [0.1, 0.15) is 61.3 Å². The summed E-state index contributed by atoms with van der Waals surface area (Å²) in [7, 11) is 0. The topological polar surface area (TPSA) is 77.6 Å². The van der Waals surface area contributed by atoms with Crippen LogP contribution in [-0.2, 0) is 12.1 Å². The van der Waals surface area contributed by atoms with E-state index in [-0.39, 0.29) is 11.4 Å². The van der Waals surface area contributed by atoms with Gasteiger partial charge in [-0.1, -0.05) is 0 Å². The zero-order chi connectivity index (χ0) is 19.0. The van der Waals surface area contributed by atoms with E-state index in [0.29, 0.717) is 24.0 Å². The molecule has 0 bridgehead atoms. The molecule has 0 radical (unpaired) electrons. The van der Waals surface area contributed by atoms with E-state index in [1.807, 2.05) is 29.1 Å². The molecule has 0 saturated heterocycles. The minimum atomic E-state index is -0.228. The molecule has 0 unspecified atom stereocenters. The van der Waals surface area contributed by atoms with E-state index < -0.39 is 0 Å². The van der Waals surface area contributed by atoms with Crippen LogP contribution < -0.4 is 5.32 Å². The molecule has 0 atom stereocenters. The number of aromatic nitrogens is 5. The molecule has 1 saturated carbocycles. The van der Waals surface area contributed by atoms with Crippen LogP contribution in [0.4, 0.5) is 5.82 Å². The second kappa shape index (κ2) is 6.64. The maximum Gasteiger partial charge on any atom is 0.277 e. The SMILES string of the molecule is CC(C)(C)n1nc(C(=O)Nc2ccn(Cc3ccncc3)n2)cc1C1CC1. The first kappa shape index (κ1) is 17.5. The number of anilines is 1. The van der Waals surface area contributed by atoms with Crippen LogP contribution in [0.15, 0.2) is 42.9 Å². The zero-order valence-corrected chi connectivity index (χ0v) is 15.9. The van der Waals surface area contributed by atoms with Crippen LogP contribution in [0.3, 0.4) is 0 Å². The van der Waals surface area contributed by atoms with Gasteiger partial charge in [0.15, 0.2) is 11.5 Å². The van der Waals surface area contributed by atoms with Gasteiger partial charge in [-0.3, -0.25) is 19.1 Å². The van der Waals surface area contributed by atoms with Crippen molar-refractivity contribution in [3.8, 4) is 0 Å². The number of rotatable bonds is 5. The fourth-order valence-electron chi connectivity index (χ4n) is 3.09. The van der Waals surface area contributed by atoms with E-state index in [2.05, 4.69) is 41.3 Å². The molecule has 27 heavy (non-hydrogen) atoms. The predicted octanol–water partition coefficient (Wildman–Crippen LogP) is 3.41. The van der Waals surface area contributed by atoms with Gasteiger partial charge in [-0.2, -0.15) is 10.2 Å². The Kier molecular flexibility index (Phi) is 4.30. The number of nitrogens with one attached hydrogen (secondary N) is 1. The average molecular weight is 364 g/mol. The van der Waals surface area contributed by atoms with Crippen molar-refractivity contribution < 1.29 is 4.79 Å². The molecule has 1 fully saturated rings. The number of amides is 1. The van der Waals surface area contributed by atoms with Crippen molar-refractivity contribution in [2.75, 3.05) is 5.32 Å². The van der Waals surface area contributed by atoms with Crippen molar-refractivity contribution in [2.24, 2.45) is 0 Å². The molecule has 0 aromatic carbocycles. The van der Waals surface area contributed by atoms with Gasteiger partial charge in [0.2, 0.25) is 0 Å². The Morgan fingerprint density at radius 1 is 1.19 bits per heavy atom. The molecule has 1 aliphatic carbocycles. The van der Waals surface area contributed by atoms with E-state index in [4.69, 9.17) is 0 Å². The van der Waals surface area contributed by atoms with Gasteiger partial charge in [-0.25, -0.2) is 0 Å². The highest BCUT2D eigenvalue weighted by Gasteiger charge is 2.32. The fraction of sp³-hybridized carbons (Fsp3) is 0.400. The summed E-state index contributed by atoms with van der Waals surface area (Å²) in [5.41, 5.74) is 2.54. The molecule has 7 nitrogen and oxygen atoms in total. The number of hydrogen-bond donors (Lipinski definition) is 1. The number of carbonyl (C=O) groups is 1. The summed E-state index contributed by atoms with van der Waals surface area (Å²) >= 11 is 0. The molecule has 1 N–H and O–H groups in total. The number of nitrogens with zero attached hydrogens (tertiary/aromatic N) is 5. The van der Waals surface area contributed by atoms with Crippen LogP contribution in [0.2, 0.25) is 0 Å². The van der Waals surface area contributed by atoms with Crippen molar-refractivity contribution in [2.45, 2.75) is 51.6 Å². The van der Waals surface area contributed by atoms with Gasteiger partial charge in [0.25, 0.3) is 5.91 Å². The van der Waals surface area contributed by atoms with E-state index in [1.54, 1.807) is 23.1 Å². The second-order valence-electron chi connectivity index (χ2n) is 8.02. The molecule has 1 aliphatic rings. The predicted molar refractivity (Wildman–Crippen MR) is 103 cm³/mol. The van der Waals surface area contributed by atoms with Gasteiger partial charge in [-0.15, -0.1) is 0 Å². The zero-order valence-electron chi connectivity index (χ0n) is 15.9. The third-order valence-corrected chi connectivity index (χ3v) is 4.58. The molecule has 3 aromatic heterocycles. The molecule has 140 valence electrons. The van der Waals surface area contributed by atoms with Crippen LogP contribution in [-0.4, -0.2) is 30.5 Å². The lowest BCUT2D eigenvalue weighted by Crippen LogP contribution is -2.25. The van der Waals surface area contributed by atoms with Crippen LogP contribution in [0.25, 0.3) is 0 Å². The van der Waals surface area contributed by atoms with Crippen molar-refractivity contribution in [1.82, 2.24) is 24.5 Å². The van der Waals surface area contributed by atoms with Gasteiger partial charge in [-0.05, 0) is 57.4 Å². The third-order valence-electron chi connectivity index (χ3n) is 4.58. The quantitative estimate of drug-likeness (QED) is 0.753. The van der Waals surface area contributed by atoms with Gasteiger partial charge in [0.1, 0.15) is 0 Å². The first-order chi connectivity index (χ1) is 12.9. The van der Waals surface area contributed by atoms with Gasteiger partial charge in [0.05, 0.1) is 12.1 Å². The monoisotopic (exact) mass is 364 g/mol. The van der Waals surface area contributed by atoms with E-state index in [9.17, 15) is 4.79 Å². The number of hydrogen-bond acceptors (Lipinski definition) is 4. The van der Waals surface area contributed by atoms with E-state index in [0.717, 1.165) is 11.3 Å². The first-order valence-corrected chi connectivity index (χ1v) is 9.24. The van der Waals surface area contributed by atoms with Gasteiger partial charge < -0.3 is 5.32 Å². The summed E-state index contributed by atoms with van der Waals surface area (Å²) < 4.78 is 3.77. The highest BCUT2D eigenvalue weighted by Crippen LogP contribution is 2.41. The smallest absolute Gasteiger partial charge is 0.277 e. The van der Waals surface area contributed by atoms with Crippen molar-refractivity contribution in [3.05, 3.63) is 59.8 Å². The molecular weight excluding hydrogens is 340 g/mol. The number of carbonyl (C=O) groups excluding carboxylic acids is 1. The largest absolute Gasteiger partial charge is 0.304 e. The minimum absolute atomic E-state index is 0.150. The van der Waals surface area contributed by atoms with Crippen molar-refractivity contribution in [1.29, 1.82) is 0 Å². The van der Waals surface area contributed by atoms with E-state index >= 15 is 0 Å². The maximum absolute atomic E-state index is 12.7. The minimum Gasteiger partial charge on any atom is -0.304 e. The van der Waals surface area contributed by atoms with Crippen LogP contribution in [0.5, 0.6) is 0 Å². The summed E-state index contributed by atoms with van der Waals surface area (Å²) in [6.45, 7) is 6.94. The highest BCUT2D eigenvalue weighted by molar-refractivity contribution is 6.02. The standard InChI is InChI=1S/C20H24N6O/c1-20(2,3)26-17(15-4-5-15)12-16(23-26)19(27)22-18-8-11-25(24-18)13-14-6-9-21-10-7-14/h6-12,15H,4-5,13H2,1-3H3,(H,22,24,27). The fourth-order valence-corrected chi connectivity index (χ4v) is 3.09. The van der Waals surface area contributed by atoms with Crippen LogP contribution in [0, 0.1) is 0 Å². The second-order valence-corrected chi connectivity index (χ2v) is 8.02. The first-order valence-electron chi connectivity index (χ1n) is 9.24. The van der Waals surface area contributed by atoms with Crippen LogP contribution >= 0.6 is 0 Å². The average Bonchev–Trinajstić information content (AvgIpc) is 3.20. The lowest BCUT2D eigenvalue weighted by atomic mass is 10.1. The summed E-state index contributed by atoms with van der Waals surface area (Å²) in [5.74, 6) is 0.819. The molecule has 1 amide bonds. The molecule has 3 aromatic rings. The van der Waals surface area contributed by atoms with Gasteiger partial charge in [0, 0.05) is 36.3 Å². The normalized spacial score (nSPS) is 14.3. The molecule has 3 heterocycles. The summed E-state index contributed by atoms with van der Waals surface area (Å²) in [4.78, 5) is 16.7. The Labute approximate surface area is 158 Å². The third kappa shape index (κ3) is 3.92. The lowest BCUT2D eigenvalue weighted by molar-refractivity contribution is 0.102. The van der Waals surface area contributed by atoms with E-state index in [1.165, 1.54) is 12.8 Å². The Balaban J connectivity index is 1.48. The Morgan fingerprint density at radius 3 is 2.59 bits per heavy atom. The summed E-state index contributed by atoms with van der Waals surface area (Å²) in [5, 5.41) is 11.9. The Bertz CT molecular complexity index is 947. The highest BCUT2D eigenvalue weighted by atomic mass is 16.2. The summed E-state index contributed by atoms with van der Waals surface area (Å²) in [6.07, 6.45) is 7.69. The van der Waals surface area contributed by atoms with Crippen molar-refractivity contribution in [3.63, 3.8) is 0 Å². The van der Waals surface area contributed by atoms with Crippen molar-refractivity contribution >= 4 is 11.7 Å². The number of pyridine rings is 1.